The van der Waals surface area contributed by atoms with Crippen molar-refractivity contribution < 1.29 is 29.0 Å². The summed E-state index contributed by atoms with van der Waals surface area (Å²) in [6.07, 6.45) is 0.401. The minimum absolute atomic E-state index is 0.0923. The number of carbonyl (C=O) groups excluding carboxylic acids is 2. The van der Waals surface area contributed by atoms with E-state index >= 15 is 0 Å². The van der Waals surface area contributed by atoms with Crippen LogP contribution < -0.4 is 4.74 Å². The molecule has 2 aromatic carbocycles. The van der Waals surface area contributed by atoms with E-state index in [-0.39, 0.29) is 18.5 Å². The van der Waals surface area contributed by atoms with Crippen LogP contribution in [-0.4, -0.2) is 23.0 Å². The van der Waals surface area contributed by atoms with Gasteiger partial charge in [-0.05, 0) is 41.8 Å². The standard InChI is InChI=1S/C22H24O6/c1-14(2)21(25)28-19-10-6-17(7-11-19)13-27-22(26)18-8-4-16(5-9-18)12-15(3)20(23)24/h4-11,14-15H,12-13H2,1-3H3,(H,23,24). The summed E-state index contributed by atoms with van der Waals surface area (Å²) in [5, 5.41) is 8.95. The van der Waals surface area contributed by atoms with Crippen molar-refractivity contribution in [2.45, 2.75) is 33.8 Å². The average molecular weight is 384 g/mol. The zero-order chi connectivity index (χ0) is 20.7. The molecule has 0 heterocycles. The smallest absolute Gasteiger partial charge is 0.338 e. The second kappa shape index (κ2) is 9.69. The van der Waals surface area contributed by atoms with Crippen LogP contribution >= 0.6 is 0 Å². The molecular weight excluding hydrogens is 360 g/mol. The fraction of sp³-hybridized carbons (Fsp3) is 0.318. The third kappa shape index (κ3) is 6.23. The molecule has 28 heavy (non-hydrogen) atoms. The number of esters is 2. The van der Waals surface area contributed by atoms with Crippen LogP contribution in [0, 0.1) is 11.8 Å². The van der Waals surface area contributed by atoms with Gasteiger partial charge in [-0.25, -0.2) is 4.79 Å². The predicted octanol–water partition coefficient (Wildman–Crippen LogP) is 3.87. The Kier molecular flexibility index (Phi) is 7.32. The van der Waals surface area contributed by atoms with E-state index in [1.807, 2.05) is 0 Å². The highest BCUT2D eigenvalue weighted by Crippen LogP contribution is 2.16. The van der Waals surface area contributed by atoms with E-state index in [9.17, 15) is 14.4 Å². The molecule has 0 fully saturated rings. The molecular formula is C22H24O6. The maximum atomic E-state index is 12.2. The van der Waals surface area contributed by atoms with Gasteiger partial charge in [0.15, 0.2) is 0 Å². The Bertz CT molecular complexity index is 821. The first-order valence-corrected chi connectivity index (χ1v) is 9.05. The first-order chi connectivity index (χ1) is 13.3. The number of benzene rings is 2. The number of ether oxygens (including phenoxy) is 2. The van der Waals surface area contributed by atoms with Crippen LogP contribution in [0.2, 0.25) is 0 Å². The zero-order valence-electron chi connectivity index (χ0n) is 16.2. The van der Waals surface area contributed by atoms with Gasteiger partial charge in [0.05, 0.1) is 17.4 Å². The summed E-state index contributed by atoms with van der Waals surface area (Å²) < 4.78 is 10.5. The lowest BCUT2D eigenvalue weighted by atomic mass is 10.0. The van der Waals surface area contributed by atoms with Crippen molar-refractivity contribution >= 4 is 17.9 Å². The molecule has 6 nitrogen and oxygen atoms in total. The molecule has 0 radical (unpaired) electrons. The number of carboxylic acids is 1. The summed E-state index contributed by atoms with van der Waals surface area (Å²) in [6, 6.07) is 13.5. The molecule has 0 saturated heterocycles. The van der Waals surface area contributed by atoms with Gasteiger partial charge in [-0.1, -0.05) is 45.0 Å². The van der Waals surface area contributed by atoms with Gasteiger partial charge in [0.1, 0.15) is 12.4 Å². The molecule has 0 aliphatic heterocycles. The van der Waals surface area contributed by atoms with Crippen LogP contribution in [0.15, 0.2) is 48.5 Å². The lowest BCUT2D eigenvalue weighted by Gasteiger charge is -2.09. The van der Waals surface area contributed by atoms with Crippen molar-refractivity contribution in [1.29, 1.82) is 0 Å². The number of aliphatic carboxylic acids is 1. The van der Waals surface area contributed by atoms with Gasteiger partial charge in [-0.3, -0.25) is 9.59 Å². The summed E-state index contributed by atoms with van der Waals surface area (Å²) in [4.78, 5) is 34.6. The van der Waals surface area contributed by atoms with Crippen molar-refractivity contribution in [3.05, 3.63) is 65.2 Å². The largest absolute Gasteiger partial charge is 0.481 e. The van der Waals surface area contributed by atoms with Crippen LogP contribution in [-0.2, 0) is 27.4 Å². The highest BCUT2D eigenvalue weighted by atomic mass is 16.5. The molecule has 1 atom stereocenters. The van der Waals surface area contributed by atoms with Gasteiger partial charge < -0.3 is 14.6 Å². The first kappa shape index (κ1) is 21.2. The first-order valence-electron chi connectivity index (χ1n) is 9.05. The molecule has 1 unspecified atom stereocenters. The lowest BCUT2D eigenvalue weighted by molar-refractivity contribution is -0.141. The van der Waals surface area contributed by atoms with E-state index in [1.54, 1.807) is 69.3 Å². The van der Waals surface area contributed by atoms with Gasteiger partial charge >= 0.3 is 17.9 Å². The number of carboxylic acid groups (broad SMARTS) is 1. The van der Waals surface area contributed by atoms with Crippen LogP contribution in [0.5, 0.6) is 5.75 Å². The molecule has 0 aliphatic rings. The number of hydrogen-bond donors (Lipinski definition) is 1. The average Bonchev–Trinajstić information content (AvgIpc) is 2.67. The molecule has 0 spiro atoms. The quantitative estimate of drug-likeness (QED) is 0.549. The van der Waals surface area contributed by atoms with E-state index < -0.39 is 17.9 Å². The topological polar surface area (TPSA) is 89.9 Å². The maximum Gasteiger partial charge on any atom is 0.338 e. The minimum Gasteiger partial charge on any atom is -0.481 e. The molecule has 0 aromatic heterocycles. The van der Waals surface area contributed by atoms with Crippen molar-refractivity contribution in [2.24, 2.45) is 11.8 Å². The van der Waals surface area contributed by atoms with E-state index in [4.69, 9.17) is 14.6 Å². The molecule has 6 heteroatoms. The highest BCUT2D eigenvalue weighted by Gasteiger charge is 2.13. The fourth-order valence-corrected chi connectivity index (χ4v) is 2.34. The maximum absolute atomic E-state index is 12.2. The Morgan fingerprint density at radius 3 is 2.00 bits per heavy atom. The molecule has 2 aromatic rings. The molecule has 0 saturated carbocycles. The third-order valence-corrected chi connectivity index (χ3v) is 4.14. The molecule has 148 valence electrons. The normalized spacial score (nSPS) is 11.7. The summed E-state index contributed by atoms with van der Waals surface area (Å²) in [7, 11) is 0. The van der Waals surface area contributed by atoms with Gasteiger partial charge in [0.25, 0.3) is 0 Å². The monoisotopic (exact) mass is 384 g/mol. The lowest BCUT2D eigenvalue weighted by Crippen LogP contribution is -2.14. The van der Waals surface area contributed by atoms with Gasteiger partial charge in [0.2, 0.25) is 0 Å². The summed E-state index contributed by atoms with van der Waals surface area (Å²) >= 11 is 0. The van der Waals surface area contributed by atoms with Crippen LogP contribution in [0.3, 0.4) is 0 Å². The highest BCUT2D eigenvalue weighted by molar-refractivity contribution is 5.89. The van der Waals surface area contributed by atoms with Gasteiger partial charge in [0, 0.05) is 0 Å². The number of carbonyl (C=O) groups is 3. The molecule has 2 rings (SSSR count). The Balaban J connectivity index is 1.88. The minimum atomic E-state index is -0.853. The van der Waals surface area contributed by atoms with E-state index in [1.165, 1.54) is 0 Å². The Morgan fingerprint density at radius 1 is 0.893 bits per heavy atom. The summed E-state index contributed by atoms with van der Waals surface area (Å²) in [6.45, 7) is 5.25. The van der Waals surface area contributed by atoms with E-state index in [0.717, 1.165) is 11.1 Å². The van der Waals surface area contributed by atoms with Crippen LogP contribution in [0.25, 0.3) is 0 Å². The second-order valence-corrected chi connectivity index (χ2v) is 6.94. The van der Waals surface area contributed by atoms with Crippen LogP contribution in [0.4, 0.5) is 0 Å². The van der Waals surface area contributed by atoms with E-state index in [0.29, 0.717) is 17.7 Å². The van der Waals surface area contributed by atoms with Crippen LogP contribution in [0.1, 0.15) is 42.3 Å². The predicted molar refractivity (Wildman–Crippen MR) is 103 cm³/mol. The van der Waals surface area contributed by atoms with Crippen molar-refractivity contribution in [2.75, 3.05) is 0 Å². The van der Waals surface area contributed by atoms with Crippen molar-refractivity contribution in [3.63, 3.8) is 0 Å². The Labute approximate surface area is 164 Å². The fourth-order valence-electron chi connectivity index (χ4n) is 2.34. The molecule has 0 bridgehead atoms. The summed E-state index contributed by atoms with van der Waals surface area (Å²) in [5.41, 5.74) is 2.01. The SMILES string of the molecule is CC(C)C(=O)Oc1ccc(COC(=O)c2ccc(CC(C)C(=O)O)cc2)cc1. The zero-order valence-corrected chi connectivity index (χ0v) is 16.2. The second-order valence-electron chi connectivity index (χ2n) is 6.94. The van der Waals surface area contributed by atoms with Crippen molar-refractivity contribution in [1.82, 2.24) is 0 Å². The van der Waals surface area contributed by atoms with Gasteiger partial charge in [-0.2, -0.15) is 0 Å². The number of hydrogen-bond acceptors (Lipinski definition) is 5. The van der Waals surface area contributed by atoms with E-state index in [2.05, 4.69) is 0 Å². The van der Waals surface area contributed by atoms with Gasteiger partial charge in [-0.15, -0.1) is 0 Å². The third-order valence-electron chi connectivity index (χ3n) is 4.14. The molecule has 0 amide bonds. The summed E-state index contributed by atoms with van der Waals surface area (Å²) in [5.74, 6) is -1.87. The Morgan fingerprint density at radius 2 is 1.46 bits per heavy atom. The Hall–Kier alpha value is -3.15. The molecule has 0 aliphatic carbocycles. The number of rotatable bonds is 8. The van der Waals surface area contributed by atoms with Crippen molar-refractivity contribution in [3.8, 4) is 5.75 Å². The molecule has 1 N–H and O–H groups in total.